The van der Waals surface area contributed by atoms with Crippen molar-refractivity contribution in [2.75, 3.05) is 13.2 Å². The van der Waals surface area contributed by atoms with E-state index in [1.54, 1.807) is 0 Å². The molecular weight excluding hydrogens is 270 g/mol. The number of esters is 1. The summed E-state index contributed by atoms with van der Waals surface area (Å²) in [5, 5.41) is 0.799. The molecule has 0 spiro atoms. The molecule has 0 bridgehead atoms. The molecule has 2 rings (SSSR count). The Morgan fingerprint density at radius 1 is 1.45 bits per heavy atom. The first-order valence-electron chi connectivity index (χ1n) is 7.20. The molecule has 0 unspecified atom stereocenters. The number of carbonyl (C=O) groups excluding carboxylic acids is 1. The molecule has 0 saturated heterocycles. The SMILES string of the molecule is CCOC(=O)CCC/N=C/c1ccccc1SC1CC1. The zero-order valence-corrected chi connectivity index (χ0v) is 12.7. The topological polar surface area (TPSA) is 38.7 Å². The quantitative estimate of drug-likeness (QED) is 0.416. The van der Waals surface area contributed by atoms with Crippen molar-refractivity contribution in [3.63, 3.8) is 0 Å². The van der Waals surface area contributed by atoms with Gasteiger partial charge in [-0.3, -0.25) is 9.79 Å². The number of hydrogen-bond donors (Lipinski definition) is 0. The Labute approximate surface area is 124 Å². The molecule has 0 radical (unpaired) electrons. The van der Waals surface area contributed by atoms with Crippen LogP contribution in [0.1, 0.15) is 38.2 Å². The van der Waals surface area contributed by atoms with Crippen molar-refractivity contribution < 1.29 is 9.53 Å². The first kappa shape index (κ1) is 15.1. The zero-order valence-electron chi connectivity index (χ0n) is 11.9. The minimum Gasteiger partial charge on any atom is -0.466 e. The highest BCUT2D eigenvalue weighted by atomic mass is 32.2. The Morgan fingerprint density at radius 2 is 2.25 bits per heavy atom. The number of nitrogens with zero attached hydrogens (tertiary/aromatic N) is 1. The molecule has 1 fully saturated rings. The number of ether oxygens (including phenoxy) is 1. The maximum Gasteiger partial charge on any atom is 0.305 e. The summed E-state index contributed by atoms with van der Waals surface area (Å²) in [6, 6.07) is 8.36. The Kier molecular flexibility index (Phi) is 6.12. The Balaban J connectivity index is 1.77. The standard InChI is InChI=1S/C16H21NO2S/c1-2-19-16(18)8-5-11-17-12-13-6-3-4-7-15(13)20-14-9-10-14/h3-4,6-7,12,14H,2,5,8-11H2,1H3/b17-12+. The van der Waals surface area contributed by atoms with Crippen molar-refractivity contribution in [3.05, 3.63) is 29.8 Å². The predicted octanol–water partition coefficient (Wildman–Crippen LogP) is 3.70. The van der Waals surface area contributed by atoms with E-state index >= 15 is 0 Å². The molecule has 1 aromatic carbocycles. The van der Waals surface area contributed by atoms with Crippen LogP contribution >= 0.6 is 11.8 Å². The van der Waals surface area contributed by atoms with Gasteiger partial charge in [-0.1, -0.05) is 18.2 Å². The lowest BCUT2D eigenvalue weighted by Crippen LogP contribution is -2.04. The molecule has 4 heteroatoms. The van der Waals surface area contributed by atoms with Crippen LogP contribution in [0.3, 0.4) is 0 Å². The van der Waals surface area contributed by atoms with Crippen LogP contribution in [0.15, 0.2) is 34.2 Å². The van der Waals surface area contributed by atoms with Crippen LogP contribution in [0.25, 0.3) is 0 Å². The van der Waals surface area contributed by atoms with Gasteiger partial charge in [0.05, 0.1) is 6.61 Å². The van der Waals surface area contributed by atoms with E-state index in [1.807, 2.05) is 31.0 Å². The number of thioether (sulfide) groups is 1. The number of aliphatic imine (C=N–C) groups is 1. The molecule has 0 aliphatic heterocycles. The zero-order chi connectivity index (χ0) is 14.2. The van der Waals surface area contributed by atoms with Crippen molar-refractivity contribution in [3.8, 4) is 0 Å². The van der Waals surface area contributed by atoms with Gasteiger partial charge in [-0.15, -0.1) is 11.8 Å². The molecule has 3 nitrogen and oxygen atoms in total. The fourth-order valence-electron chi connectivity index (χ4n) is 1.77. The number of rotatable bonds is 8. The Morgan fingerprint density at radius 3 is 3.00 bits per heavy atom. The molecule has 0 atom stereocenters. The highest BCUT2D eigenvalue weighted by molar-refractivity contribution is 8.00. The van der Waals surface area contributed by atoms with E-state index in [9.17, 15) is 4.79 Å². The largest absolute Gasteiger partial charge is 0.466 e. The number of hydrogen-bond acceptors (Lipinski definition) is 4. The lowest BCUT2D eigenvalue weighted by molar-refractivity contribution is -0.143. The van der Waals surface area contributed by atoms with Gasteiger partial charge < -0.3 is 4.74 Å². The van der Waals surface area contributed by atoms with E-state index in [0.29, 0.717) is 19.6 Å². The molecule has 0 N–H and O–H groups in total. The van der Waals surface area contributed by atoms with Gasteiger partial charge in [-0.05, 0) is 32.3 Å². The monoisotopic (exact) mass is 291 g/mol. The average Bonchev–Trinajstić information content (AvgIpc) is 3.24. The summed E-state index contributed by atoms with van der Waals surface area (Å²) in [5.41, 5.74) is 1.18. The Hall–Kier alpha value is -1.29. The summed E-state index contributed by atoms with van der Waals surface area (Å²) in [6.07, 6.45) is 5.78. The van der Waals surface area contributed by atoms with Gasteiger partial charge in [0.2, 0.25) is 0 Å². The van der Waals surface area contributed by atoms with Crippen LogP contribution < -0.4 is 0 Å². The summed E-state index contributed by atoms with van der Waals surface area (Å²) in [6.45, 7) is 2.94. The minimum absolute atomic E-state index is 0.132. The second-order valence-corrected chi connectivity index (χ2v) is 6.14. The summed E-state index contributed by atoms with van der Waals surface area (Å²) < 4.78 is 4.88. The molecule has 0 aromatic heterocycles. The lowest BCUT2D eigenvalue weighted by Gasteiger charge is -2.03. The molecular formula is C16H21NO2S. The fraction of sp³-hybridized carbons (Fsp3) is 0.500. The van der Waals surface area contributed by atoms with E-state index in [-0.39, 0.29) is 5.97 Å². The molecule has 20 heavy (non-hydrogen) atoms. The third kappa shape index (κ3) is 5.37. The highest BCUT2D eigenvalue weighted by Crippen LogP contribution is 2.40. The smallest absolute Gasteiger partial charge is 0.305 e. The van der Waals surface area contributed by atoms with Gasteiger partial charge >= 0.3 is 5.97 Å². The van der Waals surface area contributed by atoms with Gasteiger partial charge in [0.15, 0.2) is 0 Å². The fourth-order valence-corrected chi connectivity index (χ4v) is 2.92. The van der Waals surface area contributed by atoms with Crippen LogP contribution in [-0.4, -0.2) is 30.6 Å². The Bertz CT molecular complexity index is 469. The van der Waals surface area contributed by atoms with E-state index in [0.717, 1.165) is 11.7 Å². The second-order valence-electron chi connectivity index (χ2n) is 4.80. The highest BCUT2D eigenvalue weighted by Gasteiger charge is 2.23. The van der Waals surface area contributed by atoms with Crippen molar-refractivity contribution >= 4 is 23.9 Å². The van der Waals surface area contributed by atoms with Crippen molar-refractivity contribution in [1.29, 1.82) is 0 Å². The van der Waals surface area contributed by atoms with Crippen LogP contribution in [0, 0.1) is 0 Å². The van der Waals surface area contributed by atoms with Gasteiger partial charge in [-0.2, -0.15) is 0 Å². The molecule has 108 valence electrons. The number of carbonyl (C=O) groups is 1. The van der Waals surface area contributed by atoms with Crippen molar-refractivity contribution in [1.82, 2.24) is 0 Å². The lowest BCUT2D eigenvalue weighted by atomic mass is 10.2. The average molecular weight is 291 g/mol. The molecule has 1 saturated carbocycles. The second kappa shape index (κ2) is 8.10. The van der Waals surface area contributed by atoms with Crippen molar-refractivity contribution in [2.45, 2.75) is 42.8 Å². The minimum atomic E-state index is -0.132. The van der Waals surface area contributed by atoms with E-state index in [1.165, 1.54) is 23.3 Å². The van der Waals surface area contributed by atoms with Gasteiger partial charge in [0.1, 0.15) is 0 Å². The summed E-state index contributed by atoms with van der Waals surface area (Å²) in [4.78, 5) is 16.9. The maximum absolute atomic E-state index is 11.2. The van der Waals surface area contributed by atoms with Crippen LogP contribution in [0.2, 0.25) is 0 Å². The summed E-state index contributed by atoms with van der Waals surface area (Å²) in [7, 11) is 0. The molecule has 1 aliphatic carbocycles. The summed E-state index contributed by atoms with van der Waals surface area (Å²) >= 11 is 1.95. The third-order valence-electron chi connectivity index (χ3n) is 2.94. The third-order valence-corrected chi connectivity index (χ3v) is 4.37. The van der Waals surface area contributed by atoms with Crippen LogP contribution in [-0.2, 0) is 9.53 Å². The predicted molar refractivity (Wildman–Crippen MR) is 83.6 cm³/mol. The molecule has 0 amide bonds. The van der Waals surface area contributed by atoms with Gasteiger partial charge in [0.25, 0.3) is 0 Å². The number of benzene rings is 1. The van der Waals surface area contributed by atoms with Gasteiger partial charge in [0, 0.05) is 34.9 Å². The van der Waals surface area contributed by atoms with E-state index < -0.39 is 0 Å². The van der Waals surface area contributed by atoms with E-state index in [2.05, 4.69) is 23.2 Å². The maximum atomic E-state index is 11.2. The normalized spacial score (nSPS) is 14.7. The van der Waals surface area contributed by atoms with Crippen LogP contribution in [0.4, 0.5) is 0 Å². The van der Waals surface area contributed by atoms with Gasteiger partial charge in [-0.25, -0.2) is 0 Å². The first-order valence-corrected chi connectivity index (χ1v) is 8.08. The van der Waals surface area contributed by atoms with Crippen LogP contribution in [0.5, 0.6) is 0 Å². The van der Waals surface area contributed by atoms with E-state index in [4.69, 9.17) is 4.74 Å². The molecule has 1 aliphatic rings. The summed E-state index contributed by atoms with van der Waals surface area (Å²) in [5.74, 6) is -0.132. The molecule has 1 aromatic rings. The first-order chi connectivity index (χ1) is 9.79. The van der Waals surface area contributed by atoms with Crippen molar-refractivity contribution in [2.24, 2.45) is 4.99 Å². The molecule has 0 heterocycles.